The Morgan fingerprint density at radius 2 is 1.69 bits per heavy atom. The molecular formula is C14H22SiSn. The predicted octanol–water partition coefficient (Wildman–Crippen LogP) is 3.72. The number of aryl methyl sites for hydroxylation is 1. The van der Waals surface area contributed by atoms with Gasteiger partial charge in [-0.25, -0.2) is 0 Å². The molecule has 1 aliphatic heterocycles. The second kappa shape index (κ2) is 3.74. The molecule has 0 aromatic heterocycles. The summed E-state index contributed by atoms with van der Waals surface area (Å²) < 4.78 is 3.62. The molecule has 1 aliphatic rings. The maximum atomic E-state index is 2.59. The zero-order valence-electron chi connectivity index (χ0n) is 11.3. The number of hydrogen-bond donors (Lipinski definition) is 0. The van der Waals surface area contributed by atoms with Gasteiger partial charge < -0.3 is 0 Å². The summed E-state index contributed by atoms with van der Waals surface area (Å²) in [5.74, 6) is 0. The zero-order chi connectivity index (χ0) is 12.1. The molecule has 2 heteroatoms. The summed E-state index contributed by atoms with van der Waals surface area (Å²) in [6.07, 6.45) is 2.54. The fourth-order valence-corrected chi connectivity index (χ4v) is 28.9. The topological polar surface area (TPSA) is 0 Å². The van der Waals surface area contributed by atoms with Gasteiger partial charge in [0.2, 0.25) is 0 Å². The van der Waals surface area contributed by atoms with Gasteiger partial charge in [-0.1, -0.05) is 0 Å². The Morgan fingerprint density at radius 1 is 1.06 bits per heavy atom. The second-order valence-corrected chi connectivity index (χ2v) is 25.3. The normalized spacial score (nSPS) is 18.2. The van der Waals surface area contributed by atoms with Gasteiger partial charge in [-0.05, 0) is 0 Å². The van der Waals surface area contributed by atoms with Crippen LogP contribution in [0.15, 0.2) is 21.4 Å². The molecule has 0 fully saturated rings. The Labute approximate surface area is 105 Å². The molecule has 1 heterocycles. The molecule has 0 bridgehead atoms. The van der Waals surface area contributed by atoms with Crippen molar-refractivity contribution >= 4 is 36.1 Å². The van der Waals surface area contributed by atoms with Gasteiger partial charge in [0.05, 0.1) is 0 Å². The average molecular weight is 337 g/mol. The summed E-state index contributed by atoms with van der Waals surface area (Å²) in [5, 5.41) is 0. The van der Waals surface area contributed by atoms with E-state index in [4.69, 9.17) is 0 Å². The van der Waals surface area contributed by atoms with Crippen LogP contribution in [-0.4, -0.2) is 26.5 Å². The summed E-state index contributed by atoms with van der Waals surface area (Å²) in [4.78, 5) is 5.17. The third kappa shape index (κ3) is 1.92. The van der Waals surface area contributed by atoms with Crippen molar-refractivity contribution < 1.29 is 0 Å². The molecular weight excluding hydrogens is 315 g/mol. The zero-order valence-corrected chi connectivity index (χ0v) is 15.2. The van der Waals surface area contributed by atoms with Gasteiger partial charge >= 0.3 is 105 Å². The summed E-state index contributed by atoms with van der Waals surface area (Å²) >= 11 is -2.14. The van der Waals surface area contributed by atoms with Crippen LogP contribution in [0.4, 0.5) is 0 Å². The van der Waals surface area contributed by atoms with Crippen LogP contribution in [0.3, 0.4) is 0 Å². The van der Waals surface area contributed by atoms with E-state index in [-0.39, 0.29) is 0 Å². The number of hydrogen-bond acceptors (Lipinski definition) is 0. The van der Waals surface area contributed by atoms with Gasteiger partial charge in [0.25, 0.3) is 0 Å². The maximum absolute atomic E-state index is 2.59. The third-order valence-electron chi connectivity index (χ3n) is 3.66. The Hall–Kier alpha value is -0.0244. The van der Waals surface area contributed by atoms with E-state index >= 15 is 0 Å². The van der Waals surface area contributed by atoms with Crippen molar-refractivity contribution in [2.75, 3.05) is 0 Å². The molecule has 16 heavy (non-hydrogen) atoms. The molecule has 1 aromatic rings. The van der Waals surface area contributed by atoms with Crippen molar-refractivity contribution in [3.63, 3.8) is 0 Å². The minimum atomic E-state index is -2.14. The first kappa shape index (κ1) is 12.4. The Bertz CT molecular complexity index is 464. The molecule has 0 nitrogen and oxygen atoms in total. The van der Waals surface area contributed by atoms with Gasteiger partial charge in [0, 0.05) is 0 Å². The summed E-state index contributed by atoms with van der Waals surface area (Å²) in [6.45, 7) is 9.71. The molecule has 86 valence electrons. The molecule has 0 N–H and O–H groups in total. The van der Waals surface area contributed by atoms with Crippen molar-refractivity contribution in [2.45, 2.75) is 36.4 Å². The molecule has 0 unspecified atom stereocenters. The van der Waals surface area contributed by atoms with Crippen LogP contribution < -0.4 is 3.58 Å². The summed E-state index contributed by atoms with van der Waals surface area (Å²) in [5.41, 5.74) is 2.96. The average Bonchev–Trinajstić information content (AvgIpc) is 2.38. The fourth-order valence-electron chi connectivity index (χ4n) is 2.97. The van der Waals surface area contributed by atoms with Gasteiger partial charge in [-0.2, -0.15) is 0 Å². The monoisotopic (exact) mass is 338 g/mol. The Balaban J connectivity index is 2.60. The second-order valence-electron chi connectivity index (χ2n) is 6.52. The fraction of sp³-hybridized carbons (Fsp3) is 0.429. The summed E-state index contributed by atoms with van der Waals surface area (Å²) in [6, 6.07) is 7.04. The predicted molar refractivity (Wildman–Crippen MR) is 79.6 cm³/mol. The van der Waals surface area contributed by atoms with E-state index in [0.717, 1.165) is 0 Å². The quantitative estimate of drug-likeness (QED) is 0.685. The molecule has 0 saturated heterocycles. The molecule has 0 atom stereocenters. The van der Waals surface area contributed by atoms with Gasteiger partial charge in [0.15, 0.2) is 0 Å². The number of rotatable bonds is 1. The first-order chi connectivity index (χ1) is 7.23. The van der Waals surface area contributed by atoms with Crippen LogP contribution in [0.25, 0.3) is 6.08 Å². The molecule has 0 radical (unpaired) electrons. The molecule has 0 saturated carbocycles. The van der Waals surface area contributed by atoms with Crippen LogP contribution in [0.2, 0.25) is 29.5 Å². The van der Waals surface area contributed by atoms with Crippen molar-refractivity contribution in [1.29, 1.82) is 0 Å². The summed E-state index contributed by atoms with van der Waals surface area (Å²) in [7, 11) is -1.12. The van der Waals surface area contributed by atoms with E-state index in [0.29, 0.717) is 0 Å². The van der Waals surface area contributed by atoms with Gasteiger partial charge in [-0.3, -0.25) is 0 Å². The van der Waals surface area contributed by atoms with E-state index in [1.807, 2.05) is 3.21 Å². The van der Waals surface area contributed by atoms with E-state index < -0.39 is 26.5 Å². The van der Waals surface area contributed by atoms with Crippen LogP contribution in [-0.2, 0) is 0 Å². The molecule has 1 aromatic carbocycles. The first-order valence-corrected chi connectivity index (χ1v) is 18.1. The molecule has 0 amide bonds. The van der Waals surface area contributed by atoms with E-state index in [2.05, 4.69) is 60.7 Å². The van der Waals surface area contributed by atoms with Crippen molar-refractivity contribution in [2.24, 2.45) is 0 Å². The van der Waals surface area contributed by atoms with Crippen molar-refractivity contribution in [1.82, 2.24) is 0 Å². The number of fused-ring (bicyclic) bond motifs is 1. The van der Waals surface area contributed by atoms with Crippen LogP contribution in [0.5, 0.6) is 0 Å². The van der Waals surface area contributed by atoms with Crippen LogP contribution in [0, 0.1) is 6.92 Å². The van der Waals surface area contributed by atoms with Gasteiger partial charge in [-0.15, -0.1) is 0 Å². The van der Waals surface area contributed by atoms with Crippen LogP contribution in [0.1, 0.15) is 11.1 Å². The number of benzene rings is 1. The molecule has 0 aliphatic carbocycles. The van der Waals surface area contributed by atoms with E-state index in [1.165, 1.54) is 11.1 Å². The molecule has 0 spiro atoms. The SMILES string of the molecule is Cc1ccc2[c](c1)[Sn]([CH3])([CH3])[C]([Si](C)(C)C)=C2. The van der Waals surface area contributed by atoms with Gasteiger partial charge in [0.1, 0.15) is 0 Å². The third-order valence-corrected chi connectivity index (χ3v) is 25.4. The van der Waals surface area contributed by atoms with E-state index in [1.54, 1.807) is 3.58 Å². The Morgan fingerprint density at radius 3 is 2.25 bits per heavy atom. The van der Waals surface area contributed by atoms with Crippen molar-refractivity contribution in [3.05, 3.63) is 32.5 Å². The first-order valence-electron chi connectivity index (χ1n) is 6.07. The van der Waals surface area contributed by atoms with Crippen molar-refractivity contribution in [3.8, 4) is 0 Å². The standard InChI is InChI=1S/C12H16Si.2CH3.Sn/c1-11-5-7-12(8-6-11)9-10-13(2,3)4;;;/h5-7,9H,1-4H3;2*1H3;. The molecule has 2 rings (SSSR count). The van der Waals surface area contributed by atoms with E-state index in [9.17, 15) is 0 Å². The minimum absolute atomic E-state index is 1.12. The Kier molecular flexibility index (Phi) is 2.90. The van der Waals surface area contributed by atoms with Crippen LogP contribution >= 0.6 is 0 Å².